The zero-order chi connectivity index (χ0) is 18.8. The van der Waals surface area contributed by atoms with E-state index in [0.717, 1.165) is 11.3 Å². The number of hydrogen-bond donors (Lipinski definition) is 1. The van der Waals surface area contributed by atoms with Crippen LogP contribution in [-0.4, -0.2) is 44.8 Å². The maximum absolute atomic E-state index is 13.2. The molecular formula is C20H17N3O4. The predicted molar refractivity (Wildman–Crippen MR) is 97.2 cm³/mol. The molecule has 1 N–H and O–H groups in total. The fourth-order valence-corrected chi connectivity index (χ4v) is 3.07. The third kappa shape index (κ3) is 3.27. The van der Waals surface area contributed by atoms with E-state index in [0.29, 0.717) is 25.4 Å². The van der Waals surface area contributed by atoms with Crippen LogP contribution in [0.2, 0.25) is 0 Å². The molecule has 2 heterocycles. The molecule has 0 fully saturated rings. The minimum atomic E-state index is -1.18. The fourth-order valence-electron chi connectivity index (χ4n) is 3.07. The van der Waals surface area contributed by atoms with E-state index in [1.54, 1.807) is 17.0 Å². The highest BCUT2D eigenvalue weighted by Crippen LogP contribution is 2.24. The minimum absolute atomic E-state index is 0.173. The van der Waals surface area contributed by atoms with Crippen molar-refractivity contribution in [2.75, 3.05) is 13.2 Å². The molecule has 0 unspecified atom stereocenters. The van der Waals surface area contributed by atoms with Crippen molar-refractivity contribution in [3.05, 3.63) is 77.6 Å². The molecule has 0 saturated carbocycles. The Labute approximate surface area is 155 Å². The molecule has 1 aliphatic heterocycles. The van der Waals surface area contributed by atoms with Crippen LogP contribution in [0, 0.1) is 0 Å². The number of nitrogens with zero attached hydrogens (tertiary/aromatic N) is 3. The summed E-state index contributed by atoms with van der Waals surface area (Å²) in [6.07, 6.45) is 0. The van der Waals surface area contributed by atoms with E-state index < -0.39 is 5.97 Å². The van der Waals surface area contributed by atoms with Crippen molar-refractivity contribution in [2.45, 2.75) is 6.54 Å². The Bertz CT molecular complexity index is 997. The quantitative estimate of drug-likeness (QED) is 0.773. The summed E-state index contributed by atoms with van der Waals surface area (Å²) < 4.78 is 7.09. The highest BCUT2D eigenvalue weighted by atomic mass is 16.5. The van der Waals surface area contributed by atoms with Gasteiger partial charge in [-0.1, -0.05) is 36.4 Å². The largest absolute Gasteiger partial charge is 0.491 e. The second kappa shape index (κ2) is 6.95. The van der Waals surface area contributed by atoms with Gasteiger partial charge in [0.25, 0.3) is 5.91 Å². The van der Waals surface area contributed by atoms with Gasteiger partial charge in [-0.25, -0.2) is 9.48 Å². The van der Waals surface area contributed by atoms with Gasteiger partial charge in [0.2, 0.25) is 0 Å². The van der Waals surface area contributed by atoms with E-state index in [2.05, 4.69) is 5.10 Å². The Morgan fingerprint density at radius 3 is 2.56 bits per heavy atom. The van der Waals surface area contributed by atoms with Crippen LogP contribution in [0.1, 0.15) is 26.5 Å². The summed E-state index contributed by atoms with van der Waals surface area (Å²) in [5, 5.41) is 13.4. The Morgan fingerprint density at radius 2 is 1.78 bits per heavy atom. The first-order chi connectivity index (χ1) is 13.1. The van der Waals surface area contributed by atoms with E-state index in [4.69, 9.17) is 4.74 Å². The number of rotatable bonds is 3. The lowest BCUT2D eigenvalue weighted by atomic mass is 10.2. The summed E-state index contributed by atoms with van der Waals surface area (Å²) in [5.74, 6) is -0.710. The highest BCUT2D eigenvalue weighted by molar-refractivity contribution is 5.96. The van der Waals surface area contributed by atoms with Crippen molar-refractivity contribution in [1.29, 1.82) is 0 Å². The summed E-state index contributed by atoms with van der Waals surface area (Å²) in [5.41, 5.74) is 1.57. The van der Waals surface area contributed by atoms with Crippen molar-refractivity contribution in [3.8, 4) is 11.4 Å². The normalized spacial score (nSPS) is 13.4. The predicted octanol–water partition coefficient (Wildman–Crippen LogP) is 2.61. The molecule has 0 spiro atoms. The number of carboxylic acid groups (broad SMARTS) is 1. The van der Waals surface area contributed by atoms with Gasteiger partial charge in [0, 0.05) is 18.2 Å². The van der Waals surface area contributed by atoms with Crippen LogP contribution >= 0.6 is 0 Å². The molecule has 4 rings (SSSR count). The van der Waals surface area contributed by atoms with Crippen molar-refractivity contribution >= 4 is 11.9 Å². The third-order valence-corrected chi connectivity index (χ3v) is 4.39. The Balaban J connectivity index is 1.72. The van der Waals surface area contributed by atoms with Crippen LogP contribution in [-0.2, 0) is 6.54 Å². The topological polar surface area (TPSA) is 84.7 Å². The lowest BCUT2D eigenvalue weighted by molar-refractivity contribution is 0.0688. The van der Waals surface area contributed by atoms with Gasteiger partial charge in [-0.2, -0.15) is 5.10 Å². The van der Waals surface area contributed by atoms with Gasteiger partial charge in [0.15, 0.2) is 5.69 Å². The standard InChI is InChI=1S/C20H17N3O4/c24-19(22-10-11-27-18-9-5-4-6-14(18)13-22)17-12-16(20(25)26)21-23(17)15-7-2-1-3-8-15/h1-9,12H,10-11,13H2,(H,25,26). The number of amides is 1. The molecule has 0 bridgehead atoms. The lowest BCUT2D eigenvalue weighted by Gasteiger charge is -2.20. The van der Waals surface area contributed by atoms with E-state index in [1.807, 2.05) is 42.5 Å². The molecule has 1 aliphatic rings. The molecule has 7 nitrogen and oxygen atoms in total. The Hall–Kier alpha value is -3.61. The van der Waals surface area contributed by atoms with E-state index in [-0.39, 0.29) is 17.3 Å². The highest BCUT2D eigenvalue weighted by Gasteiger charge is 2.26. The van der Waals surface area contributed by atoms with E-state index in [1.165, 1.54) is 10.7 Å². The summed E-state index contributed by atoms with van der Waals surface area (Å²) in [6.45, 7) is 1.15. The molecule has 0 atom stereocenters. The summed E-state index contributed by atoms with van der Waals surface area (Å²) in [4.78, 5) is 26.3. The molecular weight excluding hydrogens is 346 g/mol. The van der Waals surface area contributed by atoms with Crippen LogP contribution in [0.5, 0.6) is 5.75 Å². The molecule has 2 aromatic carbocycles. The van der Waals surface area contributed by atoms with Crippen molar-refractivity contribution in [3.63, 3.8) is 0 Å². The number of ether oxygens (including phenoxy) is 1. The van der Waals surface area contributed by atoms with Crippen LogP contribution < -0.4 is 4.74 Å². The number of benzene rings is 2. The number of carboxylic acids is 1. The number of para-hydroxylation sites is 2. The molecule has 0 radical (unpaired) electrons. The number of aromatic carboxylic acids is 1. The van der Waals surface area contributed by atoms with Crippen LogP contribution in [0.4, 0.5) is 0 Å². The van der Waals surface area contributed by atoms with Gasteiger partial charge in [0.05, 0.1) is 12.2 Å². The van der Waals surface area contributed by atoms with Gasteiger partial charge >= 0.3 is 5.97 Å². The molecule has 0 saturated heterocycles. The van der Waals surface area contributed by atoms with Crippen LogP contribution in [0.25, 0.3) is 5.69 Å². The minimum Gasteiger partial charge on any atom is -0.491 e. The maximum atomic E-state index is 13.2. The fraction of sp³-hybridized carbons (Fsp3) is 0.150. The summed E-state index contributed by atoms with van der Waals surface area (Å²) in [6, 6.07) is 17.9. The molecule has 7 heteroatoms. The Morgan fingerprint density at radius 1 is 1.04 bits per heavy atom. The number of aromatic nitrogens is 2. The first-order valence-corrected chi connectivity index (χ1v) is 8.52. The zero-order valence-electron chi connectivity index (χ0n) is 14.4. The number of carbonyl (C=O) groups excluding carboxylic acids is 1. The van der Waals surface area contributed by atoms with Crippen molar-refractivity contribution in [2.24, 2.45) is 0 Å². The molecule has 1 aromatic heterocycles. The monoisotopic (exact) mass is 363 g/mol. The Kier molecular flexibility index (Phi) is 4.33. The molecule has 27 heavy (non-hydrogen) atoms. The SMILES string of the molecule is O=C(O)c1cc(C(=O)N2CCOc3ccccc3C2)n(-c2ccccc2)n1. The summed E-state index contributed by atoms with van der Waals surface area (Å²) in [7, 11) is 0. The third-order valence-electron chi connectivity index (χ3n) is 4.39. The molecule has 0 aliphatic carbocycles. The second-order valence-corrected chi connectivity index (χ2v) is 6.15. The van der Waals surface area contributed by atoms with Crippen molar-refractivity contribution < 1.29 is 19.4 Å². The number of hydrogen-bond acceptors (Lipinski definition) is 4. The average molecular weight is 363 g/mol. The number of fused-ring (bicyclic) bond motifs is 1. The average Bonchev–Trinajstić information content (AvgIpc) is 3.03. The van der Waals surface area contributed by atoms with Gasteiger partial charge in [-0.05, 0) is 18.2 Å². The van der Waals surface area contributed by atoms with Crippen molar-refractivity contribution in [1.82, 2.24) is 14.7 Å². The molecule has 1 amide bonds. The van der Waals surface area contributed by atoms with Crippen LogP contribution in [0.3, 0.4) is 0 Å². The lowest BCUT2D eigenvalue weighted by Crippen LogP contribution is -2.33. The zero-order valence-corrected chi connectivity index (χ0v) is 14.4. The van der Waals surface area contributed by atoms with Crippen LogP contribution in [0.15, 0.2) is 60.7 Å². The summed E-state index contributed by atoms with van der Waals surface area (Å²) >= 11 is 0. The first-order valence-electron chi connectivity index (χ1n) is 8.52. The van der Waals surface area contributed by atoms with E-state index in [9.17, 15) is 14.7 Å². The maximum Gasteiger partial charge on any atom is 0.356 e. The van der Waals surface area contributed by atoms with Gasteiger partial charge in [-0.15, -0.1) is 0 Å². The van der Waals surface area contributed by atoms with Gasteiger partial charge in [0.1, 0.15) is 18.1 Å². The first kappa shape index (κ1) is 16.8. The molecule has 136 valence electrons. The van der Waals surface area contributed by atoms with Gasteiger partial charge in [-0.3, -0.25) is 4.79 Å². The molecule has 3 aromatic rings. The van der Waals surface area contributed by atoms with E-state index >= 15 is 0 Å². The number of carbonyl (C=O) groups is 2. The van der Waals surface area contributed by atoms with Gasteiger partial charge < -0.3 is 14.7 Å². The smallest absolute Gasteiger partial charge is 0.356 e. The second-order valence-electron chi connectivity index (χ2n) is 6.15.